The van der Waals surface area contributed by atoms with E-state index >= 15 is 0 Å². The van der Waals surface area contributed by atoms with Gasteiger partial charge in [-0.25, -0.2) is 4.98 Å². The summed E-state index contributed by atoms with van der Waals surface area (Å²) in [6.07, 6.45) is 1.08. The molecule has 1 aliphatic rings. The Morgan fingerprint density at radius 3 is 3.00 bits per heavy atom. The molecule has 2 aromatic carbocycles. The Hall–Kier alpha value is -2.13. The van der Waals surface area contributed by atoms with Gasteiger partial charge in [-0.2, -0.15) is 0 Å². The van der Waals surface area contributed by atoms with Crippen molar-refractivity contribution < 1.29 is 0 Å². The summed E-state index contributed by atoms with van der Waals surface area (Å²) in [5.74, 6) is 1.08. The molecular formula is C18H19N3. The summed E-state index contributed by atoms with van der Waals surface area (Å²) in [7, 11) is 2.11. The van der Waals surface area contributed by atoms with E-state index in [1.165, 1.54) is 27.8 Å². The van der Waals surface area contributed by atoms with Gasteiger partial charge in [0.05, 0.1) is 11.0 Å². The highest BCUT2D eigenvalue weighted by atomic mass is 15.1. The second-order valence-electron chi connectivity index (χ2n) is 5.86. The van der Waals surface area contributed by atoms with Crippen LogP contribution >= 0.6 is 0 Å². The Labute approximate surface area is 124 Å². The summed E-state index contributed by atoms with van der Waals surface area (Å²) >= 11 is 0. The topological polar surface area (TPSA) is 29.9 Å². The number of benzene rings is 2. The number of aryl methyl sites for hydroxylation is 2. The van der Waals surface area contributed by atoms with Crippen molar-refractivity contribution in [2.75, 3.05) is 6.54 Å². The van der Waals surface area contributed by atoms with E-state index in [4.69, 9.17) is 4.98 Å². The largest absolute Gasteiger partial charge is 0.327 e. The molecule has 1 N–H and O–H groups in total. The summed E-state index contributed by atoms with van der Waals surface area (Å²) in [5, 5.41) is 3.44. The molecule has 3 nitrogen and oxygen atoms in total. The minimum atomic E-state index is 0.965. The van der Waals surface area contributed by atoms with Crippen molar-refractivity contribution in [1.29, 1.82) is 0 Å². The maximum atomic E-state index is 4.89. The fourth-order valence-electron chi connectivity index (χ4n) is 3.29. The van der Waals surface area contributed by atoms with Gasteiger partial charge in [0.2, 0.25) is 0 Å². The van der Waals surface area contributed by atoms with E-state index in [0.29, 0.717) is 0 Å². The van der Waals surface area contributed by atoms with Crippen molar-refractivity contribution in [1.82, 2.24) is 14.9 Å². The van der Waals surface area contributed by atoms with E-state index in [0.717, 1.165) is 30.9 Å². The van der Waals surface area contributed by atoms with Crippen LogP contribution in [0.3, 0.4) is 0 Å². The van der Waals surface area contributed by atoms with Crippen LogP contribution in [-0.4, -0.2) is 16.1 Å². The van der Waals surface area contributed by atoms with Crippen LogP contribution in [0.25, 0.3) is 22.4 Å². The molecule has 0 saturated carbocycles. The molecule has 0 saturated heterocycles. The second-order valence-corrected chi connectivity index (χ2v) is 5.86. The SMILES string of the molecule is Cc1ccc2c(c1)nc(-c1cccc3c1CCNC3)n2C. The van der Waals surface area contributed by atoms with Crippen LogP contribution in [0.4, 0.5) is 0 Å². The van der Waals surface area contributed by atoms with E-state index in [-0.39, 0.29) is 0 Å². The van der Waals surface area contributed by atoms with Gasteiger partial charge in [-0.3, -0.25) is 0 Å². The van der Waals surface area contributed by atoms with Gasteiger partial charge in [0, 0.05) is 19.2 Å². The average Bonchev–Trinajstić information content (AvgIpc) is 2.83. The predicted octanol–water partition coefficient (Wildman–Crippen LogP) is 3.19. The van der Waals surface area contributed by atoms with Gasteiger partial charge in [0.1, 0.15) is 5.82 Å². The highest BCUT2D eigenvalue weighted by Gasteiger charge is 2.17. The Bertz CT molecular complexity index is 830. The third-order valence-corrected chi connectivity index (χ3v) is 4.42. The third-order valence-electron chi connectivity index (χ3n) is 4.42. The monoisotopic (exact) mass is 277 g/mol. The van der Waals surface area contributed by atoms with Crippen LogP contribution < -0.4 is 5.32 Å². The van der Waals surface area contributed by atoms with Gasteiger partial charge in [0.15, 0.2) is 0 Å². The fraction of sp³-hybridized carbons (Fsp3) is 0.278. The van der Waals surface area contributed by atoms with E-state index in [1.54, 1.807) is 0 Å². The Morgan fingerprint density at radius 2 is 2.10 bits per heavy atom. The van der Waals surface area contributed by atoms with Gasteiger partial charge in [-0.05, 0) is 48.7 Å². The molecule has 21 heavy (non-hydrogen) atoms. The lowest BCUT2D eigenvalue weighted by Crippen LogP contribution is -2.24. The summed E-state index contributed by atoms with van der Waals surface area (Å²) in [6.45, 7) is 4.13. The number of rotatable bonds is 1. The molecule has 1 aromatic heterocycles. The maximum absolute atomic E-state index is 4.89. The second kappa shape index (κ2) is 4.71. The number of nitrogens with zero attached hydrogens (tertiary/aromatic N) is 2. The van der Waals surface area contributed by atoms with Crippen LogP contribution in [0, 0.1) is 6.92 Å². The van der Waals surface area contributed by atoms with Crippen LogP contribution in [0.5, 0.6) is 0 Å². The van der Waals surface area contributed by atoms with E-state index in [9.17, 15) is 0 Å². The zero-order chi connectivity index (χ0) is 14.4. The number of nitrogens with one attached hydrogen (secondary N) is 1. The van der Waals surface area contributed by atoms with E-state index in [1.807, 2.05) is 0 Å². The van der Waals surface area contributed by atoms with Crippen LogP contribution in [-0.2, 0) is 20.0 Å². The summed E-state index contributed by atoms with van der Waals surface area (Å²) in [5.41, 5.74) is 7.67. The Balaban J connectivity index is 1.97. The minimum Gasteiger partial charge on any atom is -0.327 e. The molecule has 0 unspecified atom stereocenters. The van der Waals surface area contributed by atoms with Crippen LogP contribution in [0.2, 0.25) is 0 Å². The molecule has 1 aliphatic heterocycles. The highest BCUT2D eigenvalue weighted by Crippen LogP contribution is 2.30. The van der Waals surface area contributed by atoms with Crippen molar-refractivity contribution >= 4 is 11.0 Å². The van der Waals surface area contributed by atoms with Crippen molar-refractivity contribution in [3.8, 4) is 11.4 Å². The normalized spacial score (nSPS) is 14.4. The minimum absolute atomic E-state index is 0.965. The number of hydrogen-bond donors (Lipinski definition) is 1. The third kappa shape index (κ3) is 1.96. The maximum Gasteiger partial charge on any atom is 0.141 e. The smallest absolute Gasteiger partial charge is 0.141 e. The van der Waals surface area contributed by atoms with Gasteiger partial charge in [-0.1, -0.05) is 24.3 Å². The number of fused-ring (bicyclic) bond motifs is 2. The molecule has 0 aliphatic carbocycles. The molecular weight excluding hydrogens is 258 g/mol. The first-order valence-electron chi connectivity index (χ1n) is 7.49. The lowest BCUT2D eigenvalue weighted by molar-refractivity contribution is 0.644. The van der Waals surface area contributed by atoms with Gasteiger partial charge in [0.25, 0.3) is 0 Å². The zero-order valence-electron chi connectivity index (χ0n) is 12.5. The summed E-state index contributed by atoms with van der Waals surface area (Å²) < 4.78 is 2.21. The van der Waals surface area contributed by atoms with Gasteiger partial charge >= 0.3 is 0 Å². The summed E-state index contributed by atoms with van der Waals surface area (Å²) in [6, 6.07) is 13.0. The van der Waals surface area contributed by atoms with Crippen LogP contribution in [0.1, 0.15) is 16.7 Å². The Kier molecular flexibility index (Phi) is 2.82. The zero-order valence-corrected chi connectivity index (χ0v) is 12.5. The van der Waals surface area contributed by atoms with Crippen molar-refractivity contribution in [2.45, 2.75) is 19.9 Å². The molecule has 0 fully saturated rings. The predicted molar refractivity (Wildman–Crippen MR) is 86.3 cm³/mol. The molecule has 0 bridgehead atoms. The molecule has 2 heterocycles. The molecule has 106 valence electrons. The molecule has 3 heteroatoms. The molecule has 0 amide bonds. The number of hydrogen-bond acceptors (Lipinski definition) is 2. The average molecular weight is 277 g/mol. The number of aromatic nitrogens is 2. The summed E-state index contributed by atoms with van der Waals surface area (Å²) in [4.78, 5) is 4.89. The van der Waals surface area contributed by atoms with Crippen LogP contribution in [0.15, 0.2) is 36.4 Å². The van der Waals surface area contributed by atoms with Gasteiger partial charge < -0.3 is 9.88 Å². The lowest BCUT2D eigenvalue weighted by atomic mass is 9.95. The molecule has 0 radical (unpaired) electrons. The number of imidazole rings is 1. The Morgan fingerprint density at radius 1 is 1.19 bits per heavy atom. The van der Waals surface area contributed by atoms with E-state index in [2.05, 4.69) is 60.3 Å². The molecule has 3 aromatic rings. The van der Waals surface area contributed by atoms with Crippen molar-refractivity contribution in [2.24, 2.45) is 7.05 Å². The van der Waals surface area contributed by atoms with E-state index < -0.39 is 0 Å². The quantitative estimate of drug-likeness (QED) is 0.740. The molecule has 0 atom stereocenters. The van der Waals surface area contributed by atoms with Crippen molar-refractivity contribution in [3.63, 3.8) is 0 Å². The van der Waals surface area contributed by atoms with Crippen molar-refractivity contribution in [3.05, 3.63) is 53.1 Å². The molecule has 0 spiro atoms. The standard InChI is InChI=1S/C18H19N3/c1-12-6-7-17-16(10-12)20-18(21(17)2)15-5-3-4-13-11-19-9-8-14(13)15/h3-7,10,19H,8-9,11H2,1-2H3. The highest BCUT2D eigenvalue weighted by molar-refractivity contribution is 5.82. The lowest BCUT2D eigenvalue weighted by Gasteiger charge is -2.20. The molecule has 4 rings (SSSR count). The fourth-order valence-corrected chi connectivity index (χ4v) is 3.29. The first-order chi connectivity index (χ1) is 10.2. The first-order valence-corrected chi connectivity index (χ1v) is 7.49. The first kappa shape index (κ1) is 12.6. The van der Waals surface area contributed by atoms with Gasteiger partial charge in [-0.15, -0.1) is 0 Å².